The van der Waals surface area contributed by atoms with E-state index in [9.17, 15) is 4.79 Å². The van der Waals surface area contributed by atoms with Crippen molar-refractivity contribution in [3.05, 3.63) is 47.3 Å². The van der Waals surface area contributed by atoms with Crippen LogP contribution in [0.3, 0.4) is 0 Å². The third kappa shape index (κ3) is 3.19. The highest BCUT2D eigenvalue weighted by Crippen LogP contribution is 2.18. The zero-order valence-corrected chi connectivity index (χ0v) is 11.3. The van der Waals surface area contributed by atoms with Gasteiger partial charge in [-0.3, -0.25) is 4.79 Å². The van der Waals surface area contributed by atoms with Crippen LogP contribution in [0.25, 0.3) is 0 Å². The van der Waals surface area contributed by atoms with Gasteiger partial charge in [0.05, 0.1) is 12.2 Å². The fourth-order valence-corrected chi connectivity index (χ4v) is 1.83. The molecule has 0 spiro atoms. The molecule has 5 nitrogen and oxygen atoms in total. The first-order valence-corrected chi connectivity index (χ1v) is 6.34. The summed E-state index contributed by atoms with van der Waals surface area (Å²) in [6, 6.07) is 8.22. The smallest absolute Gasteiger partial charge is 0.273 e. The van der Waals surface area contributed by atoms with Gasteiger partial charge in [0, 0.05) is 0 Å². The van der Waals surface area contributed by atoms with E-state index in [1.165, 1.54) is 11.8 Å². The minimum Gasteiger partial charge on any atom is -0.344 e. The Bertz CT molecular complexity index is 531. The topological polar surface area (TPSA) is 70.7 Å². The van der Waals surface area contributed by atoms with Crippen molar-refractivity contribution in [2.45, 2.75) is 32.7 Å². The maximum atomic E-state index is 11.8. The van der Waals surface area contributed by atoms with Gasteiger partial charge in [-0.05, 0) is 24.0 Å². The standard InChI is InChI=1S/C14H18N4O/c1-9(2)11-4-6-12(7-5-11)10(3)16-14(19)13-8-15-18-17-13/h4-10H,1-3H3,(H,16,19)(H,15,17,18). The molecule has 0 saturated heterocycles. The minimum absolute atomic E-state index is 0.0644. The number of amides is 1. The summed E-state index contributed by atoms with van der Waals surface area (Å²) >= 11 is 0. The normalized spacial score (nSPS) is 12.4. The molecule has 0 saturated carbocycles. The quantitative estimate of drug-likeness (QED) is 0.884. The average Bonchev–Trinajstić information content (AvgIpc) is 2.92. The predicted molar refractivity (Wildman–Crippen MR) is 72.8 cm³/mol. The van der Waals surface area contributed by atoms with E-state index >= 15 is 0 Å². The summed E-state index contributed by atoms with van der Waals surface area (Å²) in [5.41, 5.74) is 2.66. The van der Waals surface area contributed by atoms with Crippen LogP contribution in [0, 0.1) is 0 Å². The molecule has 2 aromatic rings. The molecular formula is C14H18N4O. The third-order valence-electron chi connectivity index (χ3n) is 3.10. The average molecular weight is 258 g/mol. The van der Waals surface area contributed by atoms with Crippen molar-refractivity contribution in [1.82, 2.24) is 20.7 Å². The van der Waals surface area contributed by atoms with E-state index in [1.54, 1.807) is 0 Å². The summed E-state index contributed by atoms with van der Waals surface area (Å²) in [6.07, 6.45) is 1.41. The molecule has 1 unspecified atom stereocenters. The van der Waals surface area contributed by atoms with E-state index in [2.05, 4.69) is 46.7 Å². The number of nitrogens with zero attached hydrogens (tertiary/aromatic N) is 2. The van der Waals surface area contributed by atoms with Gasteiger partial charge in [-0.15, -0.1) is 0 Å². The predicted octanol–water partition coefficient (Wildman–Crippen LogP) is 2.42. The van der Waals surface area contributed by atoms with Gasteiger partial charge in [-0.1, -0.05) is 38.1 Å². The van der Waals surface area contributed by atoms with Crippen molar-refractivity contribution in [3.8, 4) is 0 Å². The lowest BCUT2D eigenvalue weighted by Crippen LogP contribution is -2.26. The molecule has 0 bridgehead atoms. The fraction of sp³-hybridized carbons (Fsp3) is 0.357. The van der Waals surface area contributed by atoms with Gasteiger partial charge in [0.15, 0.2) is 5.69 Å². The molecule has 0 aliphatic heterocycles. The summed E-state index contributed by atoms with van der Waals surface area (Å²) in [5.74, 6) is 0.281. The number of carbonyl (C=O) groups excluding carboxylic acids is 1. The zero-order chi connectivity index (χ0) is 13.8. The number of rotatable bonds is 4. The van der Waals surface area contributed by atoms with E-state index in [1.807, 2.05) is 19.1 Å². The Morgan fingerprint density at radius 1 is 1.16 bits per heavy atom. The van der Waals surface area contributed by atoms with E-state index in [4.69, 9.17) is 0 Å². The highest BCUT2D eigenvalue weighted by atomic mass is 16.2. The van der Waals surface area contributed by atoms with Gasteiger partial charge in [0.2, 0.25) is 0 Å². The van der Waals surface area contributed by atoms with Crippen LogP contribution in [-0.2, 0) is 0 Å². The van der Waals surface area contributed by atoms with Crippen LogP contribution >= 0.6 is 0 Å². The van der Waals surface area contributed by atoms with Crippen LogP contribution in [0.15, 0.2) is 30.5 Å². The number of aromatic amines is 1. The van der Waals surface area contributed by atoms with E-state index in [-0.39, 0.29) is 11.9 Å². The van der Waals surface area contributed by atoms with E-state index < -0.39 is 0 Å². The summed E-state index contributed by atoms with van der Waals surface area (Å²) in [4.78, 5) is 11.8. The molecule has 1 atom stereocenters. The second kappa shape index (κ2) is 5.65. The maximum absolute atomic E-state index is 11.8. The second-order valence-electron chi connectivity index (χ2n) is 4.87. The minimum atomic E-state index is -0.228. The molecule has 1 amide bonds. The summed E-state index contributed by atoms with van der Waals surface area (Å²) in [5, 5.41) is 12.7. The molecule has 0 aliphatic rings. The molecule has 1 aromatic carbocycles. The molecule has 1 heterocycles. The maximum Gasteiger partial charge on any atom is 0.273 e. The highest BCUT2D eigenvalue weighted by molar-refractivity contribution is 5.92. The Morgan fingerprint density at radius 3 is 2.32 bits per heavy atom. The monoisotopic (exact) mass is 258 g/mol. The van der Waals surface area contributed by atoms with Crippen LogP contribution in [0.5, 0.6) is 0 Å². The van der Waals surface area contributed by atoms with E-state index in [0.29, 0.717) is 11.6 Å². The van der Waals surface area contributed by atoms with Gasteiger partial charge in [-0.25, -0.2) is 0 Å². The van der Waals surface area contributed by atoms with Gasteiger partial charge in [-0.2, -0.15) is 15.4 Å². The number of hydrogen-bond donors (Lipinski definition) is 2. The molecule has 1 aromatic heterocycles. The summed E-state index contributed by atoms with van der Waals surface area (Å²) in [7, 11) is 0. The third-order valence-corrected chi connectivity index (χ3v) is 3.10. The van der Waals surface area contributed by atoms with E-state index in [0.717, 1.165) is 5.56 Å². The Labute approximate surface area is 112 Å². The first-order chi connectivity index (χ1) is 9.08. The number of aromatic nitrogens is 3. The molecule has 100 valence electrons. The van der Waals surface area contributed by atoms with Gasteiger partial charge in [0.1, 0.15) is 0 Å². The molecule has 5 heteroatoms. The number of H-pyrrole nitrogens is 1. The molecule has 2 N–H and O–H groups in total. The number of hydrogen-bond acceptors (Lipinski definition) is 3. The number of carbonyl (C=O) groups is 1. The van der Waals surface area contributed by atoms with Crippen LogP contribution in [0.4, 0.5) is 0 Å². The van der Waals surface area contributed by atoms with Gasteiger partial charge < -0.3 is 5.32 Å². The second-order valence-corrected chi connectivity index (χ2v) is 4.87. The van der Waals surface area contributed by atoms with Gasteiger partial charge in [0.25, 0.3) is 5.91 Å². The van der Waals surface area contributed by atoms with Gasteiger partial charge >= 0.3 is 0 Å². The van der Waals surface area contributed by atoms with Crippen molar-refractivity contribution in [1.29, 1.82) is 0 Å². The molecule has 19 heavy (non-hydrogen) atoms. The fourth-order valence-electron chi connectivity index (χ4n) is 1.83. The van der Waals surface area contributed by atoms with Crippen molar-refractivity contribution in [3.63, 3.8) is 0 Å². The highest BCUT2D eigenvalue weighted by Gasteiger charge is 2.13. The Hall–Kier alpha value is -2.17. The van der Waals surface area contributed by atoms with Crippen molar-refractivity contribution in [2.75, 3.05) is 0 Å². The number of nitrogens with one attached hydrogen (secondary N) is 2. The Balaban J connectivity index is 2.03. The molecular weight excluding hydrogens is 240 g/mol. The number of benzene rings is 1. The molecule has 0 radical (unpaired) electrons. The molecule has 0 aliphatic carbocycles. The lowest BCUT2D eigenvalue weighted by molar-refractivity contribution is 0.0935. The lowest BCUT2D eigenvalue weighted by Gasteiger charge is -2.14. The SMILES string of the molecule is CC(C)c1ccc(C(C)NC(=O)c2cn[nH]n2)cc1. The van der Waals surface area contributed by atoms with Crippen molar-refractivity contribution >= 4 is 5.91 Å². The van der Waals surface area contributed by atoms with Crippen molar-refractivity contribution < 1.29 is 4.79 Å². The van der Waals surface area contributed by atoms with Crippen LogP contribution in [0.2, 0.25) is 0 Å². The van der Waals surface area contributed by atoms with Crippen LogP contribution < -0.4 is 5.32 Å². The first kappa shape index (κ1) is 13.3. The Morgan fingerprint density at radius 2 is 1.79 bits per heavy atom. The first-order valence-electron chi connectivity index (χ1n) is 6.34. The zero-order valence-electron chi connectivity index (χ0n) is 11.3. The summed E-state index contributed by atoms with van der Waals surface area (Å²) < 4.78 is 0. The van der Waals surface area contributed by atoms with Crippen LogP contribution in [-0.4, -0.2) is 21.3 Å². The largest absolute Gasteiger partial charge is 0.344 e. The summed E-state index contributed by atoms with van der Waals surface area (Å²) in [6.45, 7) is 6.26. The van der Waals surface area contributed by atoms with Crippen molar-refractivity contribution in [2.24, 2.45) is 0 Å². The lowest BCUT2D eigenvalue weighted by atomic mass is 9.99. The van der Waals surface area contributed by atoms with Crippen LogP contribution in [0.1, 0.15) is 54.3 Å². The molecule has 0 fully saturated rings. The molecule has 2 rings (SSSR count). The Kier molecular flexibility index (Phi) is 3.94.